The third-order valence-electron chi connectivity index (χ3n) is 2.37. The van der Waals surface area contributed by atoms with Crippen molar-refractivity contribution in [2.45, 2.75) is 13.8 Å². The van der Waals surface area contributed by atoms with Crippen molar-refractivity contribution in [3.63, 3.8) is 0 Å². The minimum atomic E-state index is -2.65. The summed E-state index contributed by atoms with van der Waals surface area (Å²) in [5.74, 6) is -2.13. The van der Waals surface area contributed by atoms with Gasteiger partial charge in [0.15, 0.2) is 7.37 Å². The fourth-order valence-electron chi connectivity index (χ4n) is 0.979. The number of benzene rings is 1. The summed E-state index contributed by atoms with van der Waals surface area (Å²) in [7, 11) is -2.65. The van der Waals surface area contributed by atoms with E-state index in [9.17, 15) is 14.2 Å². The second-order valence-corrected chi connectivity index (χ2v) is 6.62. The third kappa shape index (κ3) is 6.74. The van der Waals surface area contributed by atoms with E-state index in [1.807, 2.05) is 0 Å². The summed E-state index contributed by atoms with van der Waals surface area (Å²) < 4.78 is 10.5. The standard InChI is InChI=1S/C8H6O4.C4H11O2P/c9-7(10)5-1-2-6(4-3-5)8(11)12;1-3-7(5,6)4-2/h1-4H,(H,9,10)(H,11,12);3-4H2,1-2H3,(H,5,6). The summed E-state index contributed by atoms with van der Waals surface area (Å²) in [6.07, 6.45) is 0.812. The van der Waals surface area contributed by atoms with Crippen LogP contribution in [0.4, 0.5) is 0 Å². The van der Waals surface area contributed by atoms with Crippen LogP contribution in [0, 0.1) is 0 Å². The molecule has 0 spiro atoms. The number of carboxylic acid groups (broad SMARTS) is 2. The molecule has 19 heavy (non-hydrogen) atoms. The van der Waals surface area contributed by atoms with Gasteiger partial charge in [-0.3, -0.25) is 4.57 Å². The molecule has 0 atom stereocenters. The first kappa shape index (κ1) is 17.4. The molecule has 7 heteroatoms. The van der Waals surface area contributed by atoms with Crippen LogP contribution in [-0.2, 0) is 4.57 Å². The molecule has 0 saturated heterocycles. The van der Waals surface area contributed by atoms with E-state index in [1.54, 1.807) is 13.8 Å². The van der Waals surface area contributed by atoms with E-state index in [-0.39, 0.29) is 11.1 Å². The van der Waals surface area contributed by atoms with Crippen LogP contribution in [0.5, 0.6) is 0 Å². The van der Waals surface area contributed by atoms with E-state index in [0.717, 1.165) is 0 Å². The molecule has 0 unspecified atom stereocenters. The Kier molecular flexibility index (Phi) is 7.04. The number of carbonyl (C=O) groups is 2. The molecule has 6 nitrogen and oxygen atoms in total. The van der Waals surface area contributed by atoms with Crippen molar-refractivity contribution in [3.05, 3.63) is 35.4 Å². The predicted molar refractivity (Wildman–Crippen MR) is 71.3 cm³/mol. The summed E-state index contributed by atoms with van der Waals surface area (Å²) in [4.78, 5) is 29.4. The SMILES string of the molecule is CCP(=O)(O)CC.O=C(O)c1ccc(C(=O)O)cc1. The predicted octanol–water partition coefficient (Wildman–Crippen LogP) is 2.38. The summed E-state index contributed by atoms with van der Waals surface area (Å²) in [5, 5.41) is 16.9. The number of carboxylic acids is 2. The normalized spacial score (nSPS) is 10.3. The number of hydrogen-bond donors (Lipinski definition) is 3. The molecule has 1 rings (SSSR count). The van der Waals surface area contributed by atoms with Crippen LogP contribution < -0.4 is 0 Å². The van der Waals surface area contributed by atoms with Crippen molar-refractivity contribution >= 4 is 19.3 Å². The topological polar surface area (TPSA) is 112 Å². The Hall–Kier alpha value is -1.65. The van der Waals surface area contributed by atoms with Gasteiger partial charge in [-0.25, -0.2) is 9.59 Å². The summed E-state index contributed by atoms with van der Waals surface area (Å²) >= 11 is 0. The summed E-state index contributed by atoms with van der Waals surface area (Å²) in [6, 6.07) is 5.02. The van der Waals surface area contributed by atoms with Gasteiger partial charge in [0.25, 0.3) is 0 Å². The largest absolute Gasteiger partial charge is 0.478 e. The van der Waals surface area contributed by atoms with Crippen LogP contribution in [0.1, 0.15) is 34.6 Å². The van der Waals surface area contributed by atoms with E-state index in [0.29, 0.717) is 12.3 Å². The van der Waals surface area contributed by atoms with Crippen LogP contribution in [0.15, 0.2) is 24.3 Å². The van der Waals surface area contributed by atoms with Crippen LogP contribution in [0.3, 0.4) is 0 Å². The molecule has 0 aliphatic rings. The Morgan fingerprint density at radius 1 is 0.947 bits per heavy atom. The molecule has 1 aromatic carbocycles. The van der Waals surface area contributed by atoms with Crippen LogP contribution in [-0.4, -0.2) is 39.4 Å². The Morgan fingerprint density at radius 2 is 1.21 bits per heavy atom. The van der Waals surface area contributed by atoms with Gasteiger partial charge >= 0.3 is 11.9 Å². The first-order valence-electron chi connectivity index (χ1n) is 5.61. The summed E-state index contributed by atoms with van der Waals surface area (Å²) in [6.45, 7) is 3.45. The molecule has 0 aliphatic carbocycles. The molecule has 0 bridgehead atoms. The van der Waals surface area contributed by atoms with Gasteiger partial charge in [0.05, 0.1) is 11.1 Å². The zero-order valence-electron chi connectivity index (χ0n) is 10.7. The Balaban J connectivity index is 0.000000399. The van der Waals surface area contributed by atoms with Gasteiger partial charge in [-0.05, 0) is 24.3 Å². The summed E-state index contributed by atoms with van der Waals surface area (Å²) in [5.41, 5.74) is 0.167. The molecular formula is C12H17O6P. The minimum absolute atomic E-state index is 0.0833. The average molecular weight is 288 g/mol. The number of hydrogen-bond acceptors (Lipinski definition) is 3. The zero-order chi connectivity index (χ0) is 15.1. The molecule has 106 valence electrons. The lowest BCUT2D eigenvalue weighted by atomic mass is 10.1. The van der Waals surface area contributed by atoms with Gasteiger partial charge in [0.2, 0.25) is 0 Å². The van der Waals surface area contributed by atoms with E-state index in [4.69, 9.17) is 15.1 Å². The Bertz CT molecular complexity index is 438. The van der Waals surface area contributed by atoms with Crippen molar-refractivity contribution in [1.29, 1.82) is 0 Å². The maximum atomic E-state index is 10.5. The highest BCUT2D eigenvalue weighted by Crippen LogP contribution is 2.38. The van der Waals surface area contributed by atoms with Gasteiger partial charge in [0, 0.05) is 12.3 Å². The molecule has 0 saturated carbocycles. The van der Waals surface area contributed by atoms with E-state index in [2.05, 4.69) is 0 Å². The van der Waals surface area contributed by atoms with Gasteiger partial charge < -0.3 is 15.1 Å². The Morgan fingerprint density at radius 3 is 1.32 bits per heavy atom. The maximum Gasteiger partial charge on any atom is 0.335 e. The molecular weight excluding hydrogens is 271 g/mol. The Labute approximate surface area is 111 Å². The second-order valence-electron chi connectivity index (χ2n) is 3.67. The molecule has 0 aromatic heterocycles. The molecule has 0 amide bonds. The molecule has 1 aromatic rings. The minimum Gasteiger partial charge on any atom is -0.478 e. The van der Waals surface area contributed by atoms with Gasteiger partial charge in [-0.2, -0.15) is 0 Å². The molecule has 0 fully saturated rings. The highest BCUT2D eigenvalue weighted by Gasteiger charge is 2.08. The third-order valence-corrected chi connectivity index (χ3v) is 4.34. The van der Waals surface area contributed by atoms with Crippen molar-refractivity contribution in [2.24, 2.45) is 0 Å². The lowest BCUT2D eigenvalue weighted by Gasteiger charge is -2.01. The molecule has 0 heterocycles. The first-order valence-corrected chi connectivity index (χ1v) is 7.64. The van der Waals surface area contributed by atoms with Crippen LogP contribution in [0.2, 0.25) is 0 Å². The van der Waals surface area contributed by atoms with Crippen LogP contribution in [0.25, 0.3) is 0 Å². The van der Waals surface area contributed by atoms with E-state index >= 15 is 0 Å². The van der Waals surface area contributed by atoms with Crippen molar-refractivity contribution < 1.29 is 29.3 Å². The highest BCUT2D eigenvalue weighted by atomic mass is 31.2. The fourth-order valence-corrected chi connectivity index (χ4v) is 1.43. The van der Waals surface area contributed by atoms with E-state index in [1.165, 1.54) is 24.3 Å². The van der Waals surface area contributed by atoms with Crippen molar-refractivity contribution in [3.8, 4) is 0 Å². The number of aromatic carboxylic acids is 2. The highest BCUT2D eigenvalue weighted by molar-refractivity contribution is 7.57. The monoisotopic (exact) mass is 288 g/mol. The molecule has 3 N–H and O–H groups in total. The van der Waals surface area contributed by atoms with Crippen LogP contribution >= 0.6 is 7.37 Å². The lowest BCUT2D eigenvalue weighted by molar-refractivity contribution is 0.0681. The smallest absolute Gasteiger partial charge is 0.335 e. The molecule has 0 aliphatic heterocycles. The van der Waals surface area contributed by atoms with Gasteiger partial charge in [-0.1, -0.05) is 13.8 Å². The van der Waals surface area contributed by atoms with E-state index < -0.39 is 19.3 Å². The first-order chi connectivity index (χ1) is 8.73. The maximum absolute atomic E-state index is 10.5. The van der Waals surface area contributed by atoms with Crippen molar-refractivity contribution in [1.82, 2.24) is 0 Å². The second kappa shape index (κ2) is 7.71. The zero-order valence-corrected chi connectivity index (χ0v) is 11.6. The number of rotatable bonds is 4. The van der Waals surface area contributed by atoms with Gasteiger partial charge in [0.1, 0.15) is 0 Å². The van der Waals surface area contributed by atoms with Crippen molar-refractivity contribution in [2.75, 3.05) is 12.3 Å². The quantitative estimate of drug-likeness (QED) is 0.733. The van der Waals surface area contributed by atoms with Gasteiger partial charge in [-0.15, -0.1) is 0 Å². The average Bonchev–Trinajstić information content (AvgIpc) is 2.39. The lowest BCUT2D eigenvalue weighted by Crippen LogP contribution is -1.99. The fraction of sp³-hybridized carbons (Fsp3) is 0.333. The molecule has 0 radical (unpaired) electrons.